The van der Waals surface area contributed by atoms with Crippen LogP contribution in [0.5, 0.6) is 17.4 Å². The van der Waals surface area contributed by atoms with Gasteiger partial charge < -0.3 is 19.8 Å². The first-order chi connectivity index (χ1) is 18.0. The number of benzene rings is 2. The minimum Gasteiger partial charge on any atom is -0.492 e. The second-order valence-electron chi connectivity index (χ2n) is 8.09. The van der Waals surface area contributed by atoms with Gasteiger partial charge in [-0.25, -0.2) is 18.7 Å². The predicted octanol–water partition coefficient (Wildman–Crippen LogP) is 3.76. The van der Waals surface area contributed by atoms with Gasteiger partial charge in [0.15, 0.2) is 22.7 Å². The molecule has 2 N–H and O–H groups in total. The lowest BCUT2D eigenvalue weighted by atomic mass is 10.1. The van der Waals surface area contributed by atoms with Crippen molar-refractivity contribution in [3.8, 4) is 23.1 Å². The molecule has 3 aromatic heterocycles. The van der Waals surface area contributed by atoms with Crippen molar-refractivity contribution in [3.63, 3.8) is 0 Å². The Bertz CT molecular complexity index is 1730. The van der Waals surface area contributed by atoms with Crippen molar-refractivity contribution in [2.75, 3.05) is 11.9 Å². The number of hydrogen-bond acceptors (Lipinski definition) is 7. The van der Waals surface area contributed by atoms with Gasteiger partial charge in [-0.3, -0.25) is 14.2 Å². The summed E-state index contributed by atoms with van der Waals surface area (Å²) in [6, 6.07) is 9.09. The first kappa shape index (κ1) is 22.3. The van der Waals surface area contributed by atoms with Gasteiger partial charge in [-0.1, -0.05) is 0 Å². The van der Waals surface area contributed by atoms with E-state index >= 15 is 0 Å². The molecule has 0 spiro atoms. The van der Waals surface area contributed by atoms with Crippen molar-refractivity contribution in [2.45, 2.75) is 6.42 Å². The molecule has 0 fully saturated rings. The number of H-pyrrole nitrogens is 1. The summed E-state index contributed by atoms with van der Waals surface area (Å²) in [5, 5.41) is 2.54. The summed E-state index contributed by atoms with van der Waals surface area (Å²) in [5.41, 5.74) is 0.995. The molecular weight excluding hydrogens is 486 g/mol. The van der Waals surface area contributed by atoms with Gasteiger partial charge in [0, 0.05) is 35.6 Å². The van der Waals surface area contributed by atoms with Crippen molar-refractivity contribution in [1.82, 2.24) is 24.5 Å². The van der Waals surface area contributed by atoms with Crippen LogP contribution < -0.4 is 20.3 Å². The summed E-state index contributed by atoms with van der Waals surface area (Å²) in [7, 11) is 0. The molecule has 0 saturated heterocycles. The highest BCUT2D eigenvalue weighted by molar-refractivity contribution is 6.06. The zero-order valence-electron chi connectivity index (χ0n) is 18.9. The Kier molecular flexibility index (Phi) is 5.33. The van der Waals surface area contributed by atoms with Gasteiger partial charge in [-0.05, 0) is 36.4 Å². The summed E-state index contributed by atoms with van der Waals surface area (Å²) in [5.74, 6) is -1.93. The van der Waals surface area contributed by atoms with Crippen LogP contribution in [0.4, 0.5) is 14.5 Å². The summed E-state index contributed by atoms with van der Waals surface area (Å²) in [4.78, 5) is 41.3. The number of carbonyl (C=O) groups is 1. The SMILES string of the molecule is O=C(Nc1ccc(Oc2ncnc3[nH]cnc23)c(F)c1)c1c2c(cn(-c3ccc(F)cc3)c1=O)CCO2. The largest absolute Gasteiger partial charge is 0.492 e. The number of aromatic nitrogens is 5. The molecule has 1 aliphatic heterocycles. The number of anilines is 1. The van der Waals surface area contributed by atoms with Crippen molar-refractivity contribution in [3.05, 3.63) is 94.4 Å². The van der Waals surface area contributed by atoms with Crippen LogP contribution in [0.25, 0.3) is 16.9 Å². The Morgan fingerprint density at radius 2 is 1.95 bits per heavy atom. The van der Waals surface area contributed by atoms with Crippen molar-refractivity contribution < 1.29 is 23.0 Å². The summed E-state index contributed by atoms with van der Waals surface area (Å²) >= 11 is 0. The molecule has 1 aliphatic rings. The molecule has 12 heteroatoms. The zero-order chi connectivity index (χ0) is 25.5. The number of ether oxygens (including phenoxy) is 2. The molecule has 4 heterocycles. The third-order valence-corrected chi connectivity index (χ3v) is 5.77. The minimum absolute atomic E-state index is 0.0558. The number of aromatic amines is 1. The average Bonchev–Trinajstić information content (AvgIpc) is 3.56. The fourth-order valence-corrected chi connectivity index (χ4v) is 4.03. The van der Waals surface area contributed by atoms with Crippen LogP contribution in [0, 0.1) is 11.6 Å². The van der Waals surface area contributed by atoms with Gasteiger partial charge in [-0.15, -0.1) is 0 Å². The predicted molar refractivity (Wildman–Crippen MR) is 127 cm³/mol. The molecule has 0 bridgehead atoms. The molecule has 5 aromatic rings. The lowest BCUT2D eigenvalue weighted by Crippen LogP contribution is -2.29. The van der Waals surface area contributed by atoms with Crippen LogP contribution in [0.2, 0.25) is 0 Å². The Labute approximate surface area is 206 Å². The lowest BCUT2D eigenvalue weighted by molar-refractivity contribution is 0.102. The molecule has 0 unspecified atom stereocenters. The van der Waals surface area contributed by atoms with E-state index in [4.69, 9.17) is 9.47 Å². The molecule has 0 aliphatic carbocycles. The molecule has 0 atom stereocenters. The van der Waals surface area contributed by atoms with Gasteiger partial charge in [0.1, 0.15) is 23.5 Å². The van der Waals surface area contributed by atoms with E-state index in [0.29, 0.717) is 35.4 Å². The van der Waals surface area contributed by atoms with Crippen LogP contribution in [-0.2, 0) is 6.42 Å². The Morgan fingerprint density at radius 3 is 2.76 bits per heavy atom. The van der Waals surface area contributed by atoms with Crippen LogP contribution in [0.1, 0.15) is 15.9 Å². The zero-order valence-corrected chi connectivity index (χ0v) is 18.9. The van der Waals surface area contributed by atoms with Crippen LogP contribution in [0.3, 0.4) is 0 Å². The van der Waals surface area contributed by atoms with Crippen molar-refractivity contribution in [2.24, 2.45) is 0 Å². The summed E-state index contributed by atoms with van der Waals surface area (Å²) in [6.07, 6.45) is 4.73. The van der Waals surface area contributed by atoms with E-state index < -0.39 is 23.1 Å². The van der Waals surface area contributed by atoms with Crippen LogP contribution >= 0.6 is 0 Å². The Hall–Kier alpha value is -5.13. The Morgan fingerprint density at radius 1 is 1.11 bits per heavy atom. The molecule has 10 nitrogen and oxygen atoms in total. The average molecular weight is 502 g/mol. The number of hydrogen-bond donors (Lipinski definition) is 2. The first-order valence-corrected chi connectivity index (χ1v) is 11.1. The molecule has 184 valence electrons. The number of carbonyl (C=O) groups excluding carboxylic acids is 1. The molecule has 0 radical (unpaired) electrons. The maximum atomic E-state index is 14.9. The van der Waals surface area contributed by atoms with E-state index in [0.717, 1.165) is 6.07 Å². The van der Waals surface area contributed by atoms with Gasteiger partial charge in [-0.2, -0.15) is 4.98 Å². The summed E-state index contributed by atoms with van der Waals surface area (Å²) in [6.45, 7) is 0.301. The fraction of sp³-hybridized carbons (Fsp3) is 0.0800. The topological polar surface area (TPSA) is 124 Å². The minimum atomic E-state index is -0.779. The highest BCUT2D eigenvalue weighted by atomic mass is 19.1. The highest BCUT2D eigenvalue weighted by Gasteiger charge is 2.27. The maximum absolute atomic E-state index is 14.9. The number of nitrogens with zero attached hydrogens (tertiary/aromatic N) is 4. The highest BCUT2D eigenvalue weighted by Crippen LogP contribution is 2.31. The second kappa shape index (κ2) is 8.82. The number of pyridine rings is 1. The summed E-state index contributed by atoms with van der Waals surface area (Å²) < 4.78 is 40.6. The number of halogens is 2. The molecule has 2 aromatic carbocycles. The molecule has 1 amide bonds. The van der Waals surface area contributed by atoms with Gasteiger partial charge >= 0.3 is 0 Å². The fourth-order valence-electron chi connectivity index (χ4n) is 4.03. The molecule has 37 heavy (non-hydrogen) atoms. The monoisotopic (exact) mass is 502 g/mol. The van der Waals surface area contributed by atoms with Crippen molar-refractivity contribution >= 4 is 22.8 Å². The third kappa shape index (κ3) is 4.03. The number of fused-ring (bicyclic) bond motifs is 2. The number of rotatable bonds is 5. The quantitative estimate of drug-likeness (QED) is 0.375. The maximum Gasteiger partial charge on any atom is 0.271 e. The van der Waals surface area contributed by atoms with Crippen LogP contribution in [0.15, 0.2) is 66.1 Å². The van der Waals surface area contributed by atoms with E-state index in [2.05, 4.69) is 25.3 Å². The second-order valence-corrected chi connectivity index (χ2v) is 8.09. The lowest BCUT2D eigenvalue weighted by Gasteiger charge is -2.13. The smallest absolute Gasteiger partial charge is 0.271 e. The standard InChI is InChI=1S/C25H16F2N6O4/c26-14-1-4-16(5-2-14)33-10-13-7-8-36-21(13)19(25(33)35)23(34)32-15-3-6-18(17(27)9-15)37-24-20-22(29-11-28-20)30-12-31-24/h1-6,9-12H,7-8H2,(H,32,34)(H,28,29,30,31). The van der Waals surface area contributed by atoms with E-state index in [-0.39, 0.29) is 28.6 Å². The molecule has 6 rings (SSSR count). The normalized spacial score (nSPS) is 12.3. The molecule has 0 saturated carbocycles. The molecular formula is C25H16F2N6O4. The first-order valence-electron chi connectivity index (χ1n) is 11.1. The van der Waals surface area contributed by atoms with Crippen LogP contribution in [-0.4, -0.2) is 37.0 Å². The number of nitrogens with one attached hydrogen (secondary N) is 2. The van der Waals surface area contributed by atoms with Gasteiger partial charge in [0.05, 0.1) is 12.9 Å². The number of amides is 1. The Balaban J connectivity index is 1.30. The number of imidazole rings is 1. The van der Waals surface area contributed by atoms with E-state index in [1.165, 1.54) is 53.6 Å². The third-order valence-electron chi connectivity index (χ3n) is 5.77. The van der Waals surface area contributed by atoms with Gasteiger partial charge in [0.25, 0.3) is 17.3 Å². The van der Waals surface area contributed by atoms with Gasteiger partial charge in [0.2, 0.25) is 0 Å². The van der Waals surface area contributed by atoms with Crippen molar-refractivity contribution in [1.29, 1.82) is 0 Å². The van der Waals surface area contributed by atoms with E-state index in [1.54, 1.807) is 6.20 Å². The van der Waals surface area contributed by atoms with E-state index in [1.807, 2.05) is 0 Å². The van der Waals surface area contributed by atoms with E-state index in [9.17, 15) is 18.4 Å².